The van der Waals surface area contributed by atoms with Crippen molar-refractivity contribution in [3.8, 4) is 11.5 Å². The molecule has 16 heavy (non-hydrogen) atoms. The first-order valence-corrected chi connectivity index (χ1v) is 6.02. The minimum absolute atomic E-state index is 0.0663. The Morgan fingerprint density at radius 3 is 2.69 bits per heavy atom. The van der Waals surface area contributed by atoms with Crippen LogP contribution in [0.15, 0.2) is 18.2 Å². The Kier molecular flexibility index (Phi) is 5.11. The Morgan fingerprint density at radius 1 is 1.31 bits per heavy atom. The minimum atomic E-state index is -0.577. The number of carbonyl (C=O) groups is 1. The summed E-state index contributed by atoms with van der Waals surface area (Å²) in [5, 5.41) is 19.3. The van der Waals surface area contributed by atoms with Crippen molar-refractivity contribution in [2.45, 2.75) is 12.8 Å². The molecule has 0 unspecified atom stereocenters. The van der Waals surface area contributed by atoms with Gasteiger partial charge >= 0.3 is 5.97 Å². The fraction of sp³-hybridized carbons (Fsp3) is 0.364. The van der Waals surface area contributed by atoms with Crippen molar-refractivity contribution in [1.29, 1.82) is 0 Å². The second-order valence-electron chi connectivity index (χ2n) is 3.23. The molecule has 0 spiro atoms. The third-order valence-electron chi connectivity index (χ3n) is 1.96. The van der Waals surface area contributed by atoms with Crippen LogP contribution in [0.2, 0.25) is 0 Å². The monoisotopic (exact) mass is 288 g/mol. The third-order valence-corrected chi connectivity index (χ3v) is 2.52. The van der Waals surface area contributed by atoms with E-state index in [4.69, 9.17) is 9.84 Å². The molecule has 0 aliphatic rings. The smallest absolute Gasteiger partial charge is 0.341 e. The molecule has 0 aromatic heterocycles. The molecule has 1 rings (SSSR count). The Labute approximate surface area is 102 Å². The lowest BCUT2D eigenvalue weighted by Gasteiger charge is -2.05. The lowest BCUT2D eigenvalue weighted by atomic mass is 10.2. The Bertz CT molecular complexity index is 365. The topological polar surface area (TPSA) is 66.8 Å². The Balaban J connectivity index is 2.53. The molecule has 0 aliphatic carbocycles. The number of carbonyl (C=O) groups excluding carboxylic acids is 1. The van der Waals surface area contributed by atoms with E-state index in [0.717, 1.165) is 24.2 Å². The number of hydrogen-bond acceptors (Lipinski definition) is 4. The van der Waals surface area contributed by atoms with Gasteiger partial charge in [0.25, 0.3) is 0 Å². The lowest BCUT2D eigenvalue weighted by Crippen LogP contribution is -2.06. The third kappa shape index (κ3) is 3.73. The molecule has 0 heterocycles. The van der Waals surface area contributed by atoms with Crippen LogP contribution in [-0.2, 0) is 4.74 Å². The summed E-state index contributed by atoms with van der Waals surface area (Å²) < 4.78 is 4.95. The van der Waals surface area contributed by atoms with E-state index in [2.05, 4.69) is 15.9 Å². The Morgan fingerprint density at radius 2 is 2.06 bits per heavy atom. The molecule has 0 saturated heterocycles. The average Bonchev–Trinajstić information content (AvgIpc) is 2.24. The van der Waals surface area contributed by atoms with Gasteiger partial charge in [0.2, 0.25) is 0 Å². The van der Waals surface area contributed by atoms with Crippen LogP contribution in [0.3, 0.4) is 0 Å². The maximum absolute atomic E-state index is 11.5. The highest BCUT2D eigenvalue weighted by atomic mass is 79.9. The number of phenolic OH excluding ortho intramolecular Hbond substituents is 2. The molecule has 0 radical (unpaired) electrons. The fourth-order valence-corrected chi connectivity index (χ4v) is 1.53. The van der Waals surface area contributed by atoms with Crippen molar-refractivity contribution in [2.24, 2.45) is 0 Å². The van der Waals surface area contributed by atoms with Crippen LogP contribution < -0.4 is 0 Å². The van der Waals surface area contributed by atoms with Crippen molar-refractivity contribution in [3.05, 3.63) is 23.8 Å². The number of ether oxygens (including phenoxy) is 1. The highest BCUT2D eigenvalue weighted by Gasteiger charge is 2.12. The van der Waals surface area contributed by atoms with Crippen molar-refractivity contribution in [1.82, 2.24) is 0 Å². The largest absolute Gasteiger partial charge is 0.508 e. The standard InChI is InChI=1S/C11H13BrO4/c12-5-1-2-6-16-11(15)9-4-3-8(13)7-10(9)14/h3-4,7,13-14H,1-2,5-6H2. The summed E-state index contributed by atoms with van der Waals surface area (Å²) in [4.78, 5) is 11.5. The maximum atomic E-state index is 11.5. The average molecular weight is 289 g/mol. The summed E-state index contributed by atoms with van der Waals surface area (Å²) in [5.74, 6) is -0.939. The van der Waals surface area contributed by atoms with Gasteiger partial charge in [0.1, 0.15) is 17.1 Å². The lowest BCUT2D eigenvalue weighted by molar-refractivity contribution is 0.0497. The fourth-order valence-electron chi connectivity index (χ4n) is 1.13. The zero-order valence-corrected chi connectivity index (χ0v) is 10.2. The molecular formula is C11H13BrO4. The van der Waals surface area contributed by atoms with E-state index in [1.165, 1.54) is 12.1 Å². The van der Waals surface area contributed by atoms with Crippen molar-refractivity contribution in [3.63, 3.8) is 0 Å². The van der Waals surface area contributed by atoms with E-state index < -0.39 is 5.97 Å². The SMILES string of the molecule is O=C(OCCCCBr)c1ccc(O)cc1O. The quantitative estimate of drug-likeness (QED) is 0.496. The molecule has 0 bridgehead atoms. The van der Waals surface area contributed by atoms with E-state index in [1.54, 1.807) is 0 Å². The van der Waals surface area contributed by atoms with Gasteiger partial charge in [0.15, 0.2) is 0 Å². The number of halogens is 1. The van der Waals surface area contributed by atoms with Gasteiger partial charge in [-0.3, -0.25) is 0 Å². The summed E-state index contributed by atoms with van der Waals surface area (Å²) in [5.41, 5.74) is 0.0663. The highest BCUT2D eigenvalue weighted by Crippen LogP contribution is 2.23. The van der Waals surface area contributed by atoms with Crippen LogP contribution in [0.4, 0.5) is 0 Å². The molecule has 0 aliphatic heterocycles. The predicted octanol–water partition coefficient (Wildman–Crippen LogP) is 2.43. The zero-order valence-electron chi connectivity index (χ0n) is 8.65. The summed E-state index contributed by atoms with van der Waals surface area (Å²) in [7, 11) is 0. The van der Waals surface area contributed by atoms with Gasteiger partial charge in [-0.1, -0.05) is 15.9 Å². The maximum Gasteiger partial charge on any atom is 0.341 e. The zero-order chi connectivity index (χ0) is 12.0. The van der Waals surface area contributed by atoms with E-state index >= 15 is 0 Å². The molecule has 0 saturated carbocycles. The van der Waals surface area contributed by atoms with E-state index in [0.29, 0.717) is 6.61 Å². The minimum Gasteiger partial charge on any atom is -0.508 e. The van der Waals surface area contributed by atoms with Crippen LogP contribution in [0.25, 0.3) is 0 Å². The van der Waals surface area contributed by atoms with Crippen LogP contribution in [-0.4, -0.2) is 28.1 Å². The van der Waals surface area contributed by atoms with E-state index in [9.17, 15) is 9.90 Å². The number of benzene rings is 1. The van der Waals surface area contributed by atoms with E-state index in [1.807, 2.05) is 0 Å². The first-order valence-electron chi connectivity index (χ1n) is 4.90. The number of alkyl halides is 1. The number of aromatic hydroxyl groups is 2. The molecular weight excluding hydrogens is 276 g/mol. The molecule has 0 amide bonds. The van der Waals surface area contributed by atoms with Crippen molar-refractivity contribution < 1.29 is 19.7 Å². The van der Waals surface area contributed by atoms with Gasteiger partial charge in [0, 0.05) is 11.4 Å². The molecule has 4 nitrogen and oxygen atoms in total. The van der Waals surface area contributed by atoms with Gasteiger partial charge in [-0.2, -0.15) is 0 Å². The summed E-state index contributed by atoms with van der Waals surface area (Å²) in [6, 6.07) is 3.77. The van der Waals surface area contributed by atoms with Gasteiger partial charge in [0.05, 0.1) is 6.61 Å². The van der Waals surface area contributed by atoms with Gasteiger partial charge in [-0.05, 0) is 25.0 Å². The molecule has 88 valence electrons. The first-order chi connectivity index (χ1) is 7.65. The predicted molar refractivity (Wildman–Crippen MR) is 63.1 cm³/mol. The molecule has 5 heteroatoms. The van der Waals surface area contributed by atoms with Gasteiger partial charge in [-0.15, -0.1) is 0 Å². The molecule has 2 N–H and O–H groups in total. The van der Waals surface area contributed by atoms with Crippen LogP contribution in [0.5, 0.6) is 11.5 Å². The van der Waals surface area contributed by atoms with Gasteiger partial charge in [-0.25, -0.2) is 4.79 Å². The Hall–Kier alpha value is -1.23. The summed E-state index contributed by atoms with van der Waals surface area (Å²) >= 11 is 3.27. The first kappa shape index (κ1) is 12.8. The number of esters is 1. The van der Waals surface area contributed by atoms with Crippen LogP contribution in [0.1, 0.15) is 23.2 Å². The van der Waals surface area contributed by atoms with E-state index in [-0.39, 0.29) is 17.1 Å². The van der Waals surface area contributed by atoms with Gasteiger partial charge < -0.3 is 14.9 Å². The normalized spacial score (nSPS) is 10.1. The molecule has 1 aromatic rings. The second kappa shape index (κ2) is 6.37. The molecule has 0 fully saturated rings. The van der Waals surface area contributed by atoms with Crippen molar-refractivity contribution in [2.75, 3.05) is 11.9 Å². The van der Waals surface area contributed by atoms with Crippen LogP contribution >= 0.6 is 15.9 Å². The second-order valence-corrected chi connectivity index (χ2v) is 4.03. The van der Waals surface area contributed by atoms with Crippen molar-refractivity contribution >= 4 is 21.9 Å². The number of phenols is 2. The molecule has 1 aromatic carbocycles. The summed E-state index contributed by atoms with van der Waals surface area (Å²) in [6.07, 6.45) is 1.70. The summed E-state index contributed by atoms with van der Waals surface area (Å²) in [6.45, 7) is 0.324. The highest BCUT2D eigenvalue weighted by molar-refractivity contribution is 9.09. The number of rotatable bonds is 5. The number of hydrogen-bond donors (Lipinski definition) is 2. The molecule has 0 atom stereocenters. The number of unbranched alkanes of at least 4 members (excludes halogenated alkanes) is 1. The van der Waals surface area contributed by atoms with Crippen LogP contribution in [0, 0.1) is 0 Å².